The van der Waals surface area contributed by atoms with Gasteiger partial charge in [0.25, 0.3) is 5.91 Å². The molecule has 0 fully saturated rings. The van der Waals surface area contributed by atoms with E-state index in [1.807, 2.05) is 43.5 Å². The molecule has 0 unspecified atom stereocenters. The van der Waals surface area contributed by atoms with Crippen LogP contribution < -0.4 is 14.8 Å². The Kier molecular flexibility index (Phi) is 8.12. The Hall–Kier alpha value is -3.50. The Bertz CT molecular complexity index is 1190. The normalized spacial score (nSPS) is 11.1. The highest BCUT2D eigenvalue weighted by Gasteiger charge is 2.14. The number of aromatic nitrogens is 1. The number of amides is 1. The molecular weight excluding hydrogens is 470 g/mol. The zero-order valence-electron chi connectivity index (χ0n) is 17.8. The van der Waals surface area contributed by atoms with Crippen LogP contribution in [-0.4, -0.2) is 30.6 Å². The smallest absolute Gasteiger partial charge is 0.261 e. The zero-order valence-corrected chi connectivity index (χ0v) is 19.4. The van der Waals surface area contributed by atoms with E-state index in [0.717, 1.165) is 16.5 Å². The lowest BCUT2D eigenvalue weighted by atomic mass is 10.1. The number of carbonyl (C=O) groups is 1. The maximum Gasteiger partial charge on any atom is 0.261 e. The van der Waals surface area contributed by atoms with Crippen LogP contribution in [0.25, 0.3) is 17.0 Å². The lowest BCUT2D eigenvalue weighted by Gasteiger charge is -2.13. The second kappa shape index (κ2) is 11.2. The van der Waals surface area contributed by atoms with Gasteiger partial charge in [-0.25, -0.2) is 0 Å². The van der Waals surface area contributed by atoms with Gasteiger partial charge in [0, 0.05) is 28.1 Å². The Balaban J connectivity index is 1.72. The highest BCUT2D eigenvalue weighted by Crippen LogP contribution is 2.35. The molecule has 6 nitrogen and oxygen atoms in total. The van der Waals surface area contributed by atoms with Gasteiger partial charge in [0.05, 0.1) is 6.61 Å². The number of H-pyrrole nitrogens is 1. The minimum atomic E-state index is -0.427. The molecule has 3 aromatic rings. The summed E-state index contributed by atoms with van der Waals surface area (Å²) in [5.41, 5.74) is 2.82. The molecular formula is C25H24BrN3O3. The predicted molar refractivity (Wildman–Crippen MR) is 130 cm³/mol. The van der Waals surface area contributed by atoms with Gasteiger partial charge < -0.3 is 19.8 Å². The van der Waals surface area contributed by atoms with Crippen LogP contribution >= 0.6 is 15.9 Å². The molecule has 0 bridgehead atoms. The minimum Gasteiger partial charge on any atom is -0.490 e. The molecule has 1 heterocycles. The summed E-state index contributed by atoms with van der Waals surface area (Å²) in [4.78, 5) is 15.8. The van der Waals surface area contributed by atoms with Gasteiger partial charge in [0.1, 0.15) is 18.2 Å². The summed E-state index contributed by atoms with van der Waals surface area (Å²) >= 11 is 3.48. The molecule has 32 heavy (non-hydrogen) atoms. The number of fused-ring (bicyclic) bond motifs is 1. The monoisotopic (exact) mass is 493 g/mol. The fourth-order valence-electron chi connectivity index (χ4n) is 3.24. The van der Waals surface area contributed by atoms with E-state index in [2.05, 4.69) is 32.8 Å². The molecule has 0 atom stereocenters. The highest BCUT2D eigenvalue weighted by molar-refractivity contribution is 9.10. The van der Waals surface area contributed by atoms with Gasteiger partial charge in [-0.05, 0) is 48.7 Å². The summed E-state index contributed by atoms with van der Waals surface area (Å²) in [5, 5.41) is 13.5. The molecule has 164 valence electrons. The summed E-state index contributed by atoms with van der Waals surface area (Å²) in [6.45, 7) is 6.73. The van der Waals surface area contributed by atoms with Gasteiger partial charge in [-0.2, -0.15) is 5.26 Å². The summed E-state index contributed by atoms with van der Waals surface area (Å²) < 4.78 is 12.0. The molecule has 0 saturated heterocycles. The Morgan fingerprint density at radius 1 is 1.28 bits per heavy atom. The van der Waals surface area contributed by atoms with Crippen LogP contribution in [0.3, 0.4) is 0 Å². The standard InChI is InChI=1S/C25H24BrN3O3/c1-3-11-32-24-14-21(26)18(13-23(24)31-4-2)12-19(15-27)25(30)28-10-9-17-16-29-22-8-6-5-7-20(17)22/h3,5-8,12-14,16,29H,1,4,9-11H2,2H3,(H,28,30)/b19-12-. The van der Waals surface area contributed by atoms with Crippen molar-refractivity contribution in [1.29, 1.82) is 5.26 Å². The molecule has 2 aromatic carbocycles. The average Bonchev–Trinajstić information content (AvgIpc) is 3.21. The fraction of sp³-hybridized carbons (Fsp3) is 0.200. The van der Waals surface area contributed by atoms with Crippen molar-refractivity contribution >= 4 is 38.8 Å². The van der Waals surface area contributed by atoms with Gasteiger partial charge in [-0.15, -0.1) is 0 Å². The summed E-state index contributed by atoms with van der Waals surface area (Å²) in [6.07, 6.45) is 5.78. The number of hydrogen-bond donors (Lipinski definition) is 2. The number of benzene rings is 2. The fourth-order valence-corrected chi connectivity index (χ4v) is 3.68. The predicted octanol–water partition coefficient (Wildman–Crippen LogP) is 5.16. The van der Waals surface area contributed by atoms with Crippen molar-refractivity contribution in [1.82, 2.24) is 10.3 Å². The highest BCUT2D eigenvalue weighted by atomic mass is 79.9. The van der Waals surface area contributed by atoms with E-state index in [1.165, 1.54) is 6.08 Å². The molecule has 7 heteroatoms. The van der Waals surface area contributed by atoms with Crippen molar-refractivity contribution < 1.29 is 14.3 Å². The zero-order chi connectivity index (χ0) is 22.9. The third kappa shape index (κ3) is 5.59. The quantitative estimate of drug-likeness (QED) is 0.232. The maximum absolute atomic E-state index is 12.6. The molecule has 0 saturated carbocycles. The van der Waals surface area contributed by atoms with E-state index in [0.29, 0.717) is 47.7 Å². The topological polar surface area (TPSA) is 87.1 Å². The average molecular weight is 494 g/mol. The third-order valence-electron chi connectivity index (χ3n) is 4.74. The van der Waals surface area contributed by atoms with Crippen molar-refractivity contribution in [2.45, 2.75) is 13.3 Å². The number of rotatable bonds is 10. The van der Waals surface area contributed by atoms with Crippen LogP contribution in [0.1, 0.15) is 18.1 Å². The number of halogens is 1. The van der Waals surface area contributed by atoms with Crippen molar-refractivity contribution in [3.8, 4) is 17.6 Å². The number of aromatic amines is 1. The van der Waals surface area contributed by atoms with E-state index < -0.39 is 5.91 Å². The van der Waals surface area contributed by atoms with Crippen molar-refractivity contribution in [2.75, 3.05) is 19.8 Å². The molecule has 1 amide bonds. The molecule has 0 aliphatic carbocycles. The van der Waals surface area contributed by atoms with Crippen LogP contribution in [-0.2, 0) is 11.2 Å². The summed E-state index contributed by atoms with van der Waals surface area (Å²) in [6, 6.07) is 13.5. The van der Waals surface area contributed by atoms with Crippen molar-refractivity contribution in [2.24, 2.45) is 0 Å². The van der Waals surface area contributed by atoms with Gasteiger partial charge in [-0.1, -0.05) is 46.8 Å². The maximum atomic E-state index is 12.6. The molecule has 0 aliphatic heterocycles. The SMILES string of the molecule is C=CCOc1cc(Br)c(/C=C(/C#N)C(=O)NCCc2c[nH]c3ccccc23)cc1OCC. The first-order valence-electron chi connectivity index (χ1n) is 10.2. The van der Waals surface area contributed by atoms with E-state index in [4.69, 9.17) is 9.47 Å². The van der Waals surface area contributed by atoms with E-state index >= 15 is 0 Å². The van der Waals surface area contributed by atoms with Crippen LogP contribution in [0.15, 0.2) is 65.3 Å². The van der Waals surface area contributed by atoms with E-state index in [-0.39, 0.29) is 5.57 Å². The first kappa shape index (κ1) is 23.2. The van der Waals surface area contributed by atoms with E-state index in [9.17, 15) is 10.1 Å². The molecule has 0 spiro atoms. The molecule has 0 aliphatic rings. The van der Waals surface area contributed by atoms with Crippen LogP contribution in [0.2, 0.25) is 0 Å². The van der Waals surface area contributed by atoms with Crippen LogP contribution in [0.5, 0.6) is 11.5 Å². The second-order valence-corrected chi connectivity index (χ2v) is 7.74. The summed E-state index contributed by atoms with van der Waals surface area (Å²) in [7, 11) is 0. The Morgan fingerprint density at radius 2 is 2.06 bits per heavy atom. The van der Waals surface area contributed by atoms with E-state index in [1.54, 1.807) is 18.2 Å². The third-order valence-corrected chi connectivity index (χ3v) is 5.43. The Morgan fingerprint density at radius 3 is 2.81 bits per heavy atom. The number of ether oxygens (including phenoxy) is 2. The minimum absolute atomic E-state index is 0.00633. The first-order valence-corrected chi connectivity index (χ1v) is 11.0. The van der Waals surface area contributed by atoms with Gasteiger partial charge in [-0.3, -0.25) is 4.79 Å². The number of para-hydroxylation sites is 1. The number of nitriles is 1. The lowest BCUT2D eigenvalue weighted by Crippen LogP contribution is -2.26. The molecule has 1 aromatic heterocycles. The number of nitrogens with zero attached hydrogens (tertiary/aromatic N) is 1. The summed E-state index contributed by atoms with van der Waals surface area (Å²) in [5.74, 6) is 0.655. The number of nitrogens with one attached hydrogen (secondary N) is 2. The van der Waals surface area contributed by atoms with Crippen LogP contribution in [0, 0.1) is 11.3 Å². The molecule has 2 N–H and O–H groups in total. The van der Waals surface area contributed by atoms with Gasteiger partial charge in [0.2, 0.25) is 0 Å². The van der Waals surface area contributed by atoms with Crippen molar-refractivity contribution in [3.05, 3.63) is 76.4 Å². The van der Waals surface area contributed by atoms with Gasteiger partial charge >= 0.3 is 0 Å². The van der Waals surface area contributed by atoms with Crippen molar-refractivity contribution in [3.63, 3.8) is 0 Å². The first-order chi connectivity index (χ1) is 15.6. The molecule has 3 rings (SSSR count). The number of carbonyl (C=O) groups excluding carboxylic acids is 1. The van der Waals surface area contributed by atoms with Gasteiger partial charge in [0.15, 0.2) is 11.5 Å². The largest absolute Gasteiger partial charge is 0.490 e. The molecule has 0 radical (unpaired) electrons. The lowest BCUT2D eigenvalue weighted by molar-refractivity contribution is -0.117. The second-order valence-electron chi connectivity index (χ2n) is 6.89. The number of hydrogen-bond acceptors (Lipinski definition) is 4. The Labute approximate surface area is 195 Å². The van der Waals surface area contributed by atoms with Crippen LogP contribution in [0.4, 0.5) is 0 Å².